The third-order valence-corrected chi connectivity index (χ3v) is 3.85. The first-order valence-electron chi connectivity index (χ1n) is 6.11. The average molecular weight is 249 g/mol. The van der Waals surface area contributed by atoms with E-state index < -0.39 is 0 Å². The van der Waals surface area contributed by atoms with E-state index in [0.29, 0.717) is 0 Å². The Morgan fingerprint density at radius 1 is 1.41 bits per heavy atom. The van der Waals surface area contributed by atoms with Gasteiger partial charge in [-0.05, 0) is 37.3 Å². The summed E-state index contributed by atoms with van der Waals surface area (Å²) in [6.07, 6.45) is 5.08. The number of aromatic nitrogens is 2. The summed E-state index contributed by atoms with van der Waals surface area (Å²) in [6, 6.07) is 2.15. The van der Waals surface area contributed by atoms with E-state index in [4.69, 9.17) is 0 Å². The summed E-state index contributed by atoms with van der Waals surface area (Å²) in [7, 11) is 0. The fourth-order valence-electron chi connectivity index (χ4n) is 1.97. The van der Waals surface area contributed by atoms with Crippen LogP contribution in [-0.2, 0) is 0 Å². The van der Waals surface area contributed by atoms with Gasteiger partial charge in [-0.3, -0.25) is 0 Å². The van der Waals surface area contributed by atoms with Crippen LogP contribution in [0.2, 0.25) is 0 Å². The van der Waals surface area contributed by atoms with Crippen LogP contribution in [0.1, 0.15) is 25.8 Å². The molecule has 0 N–H and O–H groups in total. The molecule has 0 amide bonds. The van der Waals surface area contributed by atoms with Crippen LogP contribution in [0.15, 0.2) is 23.8 Å². The molecule has 0 saturated carbocycles. The Labute approximate surface area is 107 Å². The van der Waals surface area contributed by atoms with E-state index in [-0.39, 0.29) is 0 Å². The Hall–Kier alpha value is -1.29. The lowest BCUT2D eigenvalue weighted by atomic mass is 10.3. The molecule has 0 aromatic carbocycles. The van der Waals surface area contributed by atoms with Gasteiger partial charge in [0.25, 0.3) is 0 Å². The van der Waals surface area contributed by atoms with Crippen LogP contribution < -0.4 is 5.01 Å². The maximum Gasteiger partial charge on any atom is 0.169 e. The molecule has 0 aliphatic carbocycles. The van der Waals surface area contributed by atoms with E-state index in [0.717, 1.165) is 25.3 Å². The number of rotatable bonds is 5. The van der Waals surface area contributed by atoms with E-state index in [9.17, 15) is 0 Å². The van der Waals surface area contributed by atoms with Crippen LogP contribution in [0.5, 0.6) is 0 Å². The Bertz CT molecular complexity index is 472. The third kappa shape index (κ3) is 2.36. The van der Waals surface area contributed by atoms with Gasteiger partial charge in [-0.1, -0.05) is 6.92 Å². The van der Waals surface area contributed by atoms with E-state index in [1.165, 1.54) is 10.4 Å². The third-order valence-electron chi connectivity index (χ3n) is 2.84. The lowest BCUT2D eigenvalue weighted by Gasteiger charge is -2.25. The highest BCUT2D eigenvalue weighted by Crippen LogP contribution is 2.27. The minimum atomic E-state index is 1.00. The van der Waals surface area contributed by atoms with Gasteiger partial charge in [0.2, 0.25) is 0 Å². The average Bonchev–Trinajstić information content (AvgIpc) is 2.94. The number of nitrogens with zero attached hydrogens (tertiary/aromatic N) is 3. The van der Waals surface area contributed by atoms with Crippen molar-refractivity contribution in [3.63, 3.8) is 0 Å². The van der Waals surface area contributed by atoms with Crippen LogP contribution >= 0.6 is 11.3 Å². The largest absolute Gasteiger partial charge is 0.312 e. The van der Waals surface area contributed by atoms with Crippen molar-refractivity contribution in [1.82, 2.24) is 9.66 Å². The summed E-state index contributed by atoms with van der Waals surface area (Å²) < 4.78 is 2.18. The van der Waals surface area contributed by atoms with Crippen molar-refractivity contribution in [2.24, 2.45) is 0 Å². The second-order valence-electron chi connectivity index (χ2n) is 4.07. The zero-order valence-electron chi connectivity index (χ0n) is 10.7. The number of thiophene rings is 1. The SMILES string of the molecule is CCCN(CC)n1ccnc1-c1sccc1C. The molecular formula is C13H19N3S. The van der Waals surface area contributed by atoms with E-state index in [1.54, 1.807) is 11.3 Å². The normalized spacial score (nSPS) is 10.8. The molecule has 0 aliphatic heterocycles. The lowest BCUT2D eigenvalue weighted by molar-refractivity contribution is 0.597. The van der Waals surface area contributed by atoms with Crippen LogP contribution in [0.3, 0.4) is 0 Å². The van der Waals surface area contributed by atoms with Crippen LogP contribution in [0, 0.1) is 6.92 Å². The number of imidazole rings is 1. The monoisotopic (exact) mass is 249 g/mol. The van der Waals surface area contributed by atoms with Gasteiger partial charge in [0.15, 0.2) is 5.82 Å². The van der Waals surface area contributed by atoms with Crippen molar-refractivity contribution >= 4 is 11.3 Å². The minimum Gasteiger partial charge on any atom is -0.312 e. The van der Waals surface area contributed by atoms with Gasteiger partial charge in [-0.2, -0.15) is 0 Å². The Balaban J connectivity index is 2.37. The van der Waals surface area contributed by atoms with Gasteiger partial charge in [0.05, 0.1) is 4.88 Å². The van der Waals surface area contributed by atoms with Gasteiger partial charge >= 0.3 is 0 Å². The predicted molar refractivity (Wildman–Crippen MR) is 74.2 cm³/mol. The predicted octanol–water partition coefficient (Wildman–Crippen LogP) is 3.29. The maximum absolute atomic E-state index is 4.50. The summed E-state index contributed by atoms with van der Waals surface area (Å²) >= 11 is 1.76. The first-order chi connectivity index (χ1) is 8.27. The van der Waals surface area contributed by atoms with Crippen molar-refractivity contribution in [3.05, 3.63) is 29.4 Å². The second kappa shape index (κ2) is 5.36. The summed E-state index contributed by atoms with van der Waals surface area (Å²) in [4.78, 5) is 5.77. The molecule has 0 aliphatic rings. The molecule has 0 spiro atoms. The zero-order valence-corrected chi connectivity index (χ0v) is 11.5. The highest BCUT2D eigenvalue weighted by Gasteiger charge is 2.13. The fraction of sp³-hybridized carbons (Fsp3) is 0.462. The van der Waals surface area contributed by atoms with Crippen molar-refractivity contribution in [2.45, 2.75) is 27.2 Å². The van der Waals surface area contributed by atoms with Crippen molar-refractivity contribution < 1.29 is 0 Å². The van der Waals surface area contributed by atoms with E-state index in [2.05, 4.69) is 46.9 Å². The first-order valence-corrected chi connectivity index (χ1v) is 6.99. The second-order valence-corrected chi connectivity index (χ2v) is 4.99. The van der Waals surface area contributed by atoms with Gasteiger partial charge < -0.3 is 5.01 Å². The molecule has 4 heteroatoms. The summed E-state index contributed by atoms with van der Waals surface area (Å²) in [5.41, 5.74) is 1.30. The zero-order chi connectivity index (χ0) is 12.3. The molecule has 2 aromatic heterocycles. The molecule has 0 unspecified atom stereocenters. The maximum atomic E-state index is 4.50. The molecule has 0 bridgehead atoms. The molecule has 17 heavy (non-hydrogen) atoms. The Kier molecular flexibility index (Phi) is 3.84. The topological polar surface area (TPSA) is 21.1 Å². The molecule has 2 rings (SSSR count). The number of hydrogen-bond acceptors (Lipinski definition) is 3. The minimum absolute atomic E-state index is 1.00. The number of hydrogen-bond donors (Lipinski definition) is 0. The van der Waals surface area contributed by atoms with Crippen molar-refractivity contribution in [3.8, 4) is 10.7 Å². The molecule has 0 saturated heterocycles. The summed E-state index contributed by atoms with van der Waals surface area (Å²) in [5, 5.41) is 4.45. The van der Waals surface area contributed by atoms with Gasteiger partial charge in [-0.25, -0.2) is 9.66 Å². The molecule has 3 nitrogen and oxygen atoms in total. The molecule has 0 atom stereocenters. The standard InChI is InChI=1S/C13H19N3S/c1-4-8-15(5-2)16-9-7-14-13(16)12-11(3)6-10-17-12/h6-7,9-10H,4-5,8H2,1-3H3. The molecule has 2 aromatic rings. The van der Waals surface area contributed by atoms with E-state index in [1.807, 2.05) is 12.4 Å². The smallest absolute Gasteiger partial charge is 0.169 e. The van der Waals surface area contributed by atoms with Gasteiger partial charge in [0.1, 0.15) is 0 Å². The van der Waals surface area contributed by atoms with Gasteiger partial charge in [-0.15, -0.1) is 11.3 Å². The highest BCUT2D eigenvalue weighted by molar-refractivity contribution is 7.13. The molecule has 2 heterocycles. The first kappa shape index (κ1) is 12.2. The summed E-state index contributed by atoms with van der Waals surface area (Å²) in [5.74, 6) is 1.06. The Morgan fingerprint density at radius 3 is 2.82 bits per heavy atom. The number of aryl methyl sites for hydroxylation is 1. The highest BCUT2D eigenvalue weighted by atomic mass is 32.1. The van der Waals surface area contributed by atoms with Crippen LogP contribution in [0.4, 0.5) is 0 Å². The van der Waals surface area contributed by atoms with E-state index >= 15 is 0 Å². The molecule has 0 radical (unpaired) electrons. The fourth-order valence-corrected chi connectivity index (χ4v) is 2.88. The van der Waals surface area contributed by atoms with Gasteiger partial charge in [0, 0.05) is 25.5 Å². The van der Waals surface area contributed by atoms with Crippen LogP contribution in [0.25, 0.3) is 10.7 Å². The lowest BCUT2D eigenvalue weighted by Crippen LogP contribution is -2.35. The molecule has 0 fully saturated rings. The molecule has 92 valence electrons. The summed E-state index contributed by atoms with van der Waals surface area (Å²) in [6.45, 7) is 8.59. The van der Waals surface area contributed by atoms with Crippen molar-refractivity contribution in [1.29, 1.82) is 0 Å². The van der Waals surface area contributed by atoms with Crippen molar-refractivity contribution in [2.75, 3.05) is 18.1 Å². The molecular weight excluding hydrogens is 230 g/mol. The quantitative estimate of drug-likeness (QED) is 0.811. The van der Waals surface area contributed by atoms with Crippen LogP contribution in [-0.4, -0.2) is 22.7 Å². The Morgan fingerprint density at radius 2 is 2.24 bits per heavy atom.